The van der Waals surface area contributed by atoms with E-state index < -0.39 is 0 Å². The molecule has 0 aliphatic rings. The molecule has 0 bridgehead atoms. The Balaban J connectivity index is 1.99. The van der Waals surface area contributed by atoms with Gasteiger partial charge in [-0.3, -0.25) is 4.79 Å². The lowest BCUT2D eigenvalue weighted by Crippen LogP contribution is -2.03. The summed E-state index contributed by atoms with van der Waals surface area (Å²) in [7, 11) is 0. The number of hydrogen-bond donors (Lipinski definition) is 0. The van der Waals surface area contributed by atoms with Crippen molar-refractivity contribution in [3.05, 3.63) is 66.4 Å². The van der Waals surface area contributed by atoms with E-state index >= 15 is 0 Å². The molecule has 0 aliphatic carbocycles. The number of rotatable bonds is 6. The number of unbranched alkanes of at least 4 members (excludes halogenated alkanes) is 1. The summed E-state index contributed by atoms with van der Waals surface area (Å²) in [5.41, 5.74) is 1.64. The summed E-state index contributed by atoms with van der Waals surface area (Å²) >= 11 is 0. The number of nitrogens with zero attached hydrogens (tertiary/aromatic N) is 1. The molecule has 3 rings (SSSR count). The zero-order valence-corrected chi connectivity index (χ0v) is 12.7. The number of ketones is 1. The molecule has 0 radical (unpaired) electrons. The molecule has 1 heterocycles. The average molecular weight is 293 g/mol. The Morgan fingerprint density at radius 1 is 1.05 bits per heavy atom. The predicted molar refractivity (Wildman–Crippen MR) is 88.3 cm³/mol. The third-order valence-corrected chi connectivity index (χ3v) is 3.68. The zero-order valence-electron chi connectivity index (χ0n) is 12.7. The van der Waals surface area contributed by atoms with Gasteiger partial charge in [0.2, 0.25) is 0 Å². The largest absolute Gasteiger partial charge is 0.375 e. The smallest absolute Gasteiger partial charge is 0.165 e. The molecule has 22 heavy (non-hydrogen) atoms. The van der Waals surface area contributed by atoms with Crippen molar-refractivity contribution in [1.29, 1.82) is 0 Å². The quantitative estimate of drug-likeness (QED) is 0.608. The highest BCUT2D eigenvalue weighted by molar-refractivity contribution is 6.08. The maximum atomic E-state index is 12.4. The topological polar surface area (TPSA) is 31.2 Å². The van der Waals surface area contributed by atoms with Gasteiger partial charge >= 0.3 is 0 Å². The van der Waals surface area contributed by atoms with Crippen molar-refractivity contribution in [2.75, 3.05) is 0 Å². The molecule has 3 nitrogen and oxygen atoms in total. The second-order valence-corrected chi connectivity index (χ2v) is 5.32. The summed E-state index contributed by atoms with van der Waals surface area (Å²) in [6, 6.07) is 17.4. The third kappa shape index (κ3) is 2.89. The molecule has 0 spiro atoms. The maximum absolute atomic E-state index is 12.4. The molecule has 0 N–H and O–H groups in total. The van der Waals surface area contributed by atoms with Gasteiger partial charge in [0.25, 0.3) is 0 Å². The lowest BCUT2D eigenvalue weighted by molar-refractivity contribution is 0.0979. The van der Waals surface area contributed by atoms with Crippen LogP contribution in [-0.4, -0.2) is 10.5 Å². The highest BCUT2D eigenvalue weighted by Crippen LogP contribution is 2.24. The van der Waals surface area contributed by atoms with Crippen molar-refractivity contribution in [1.82, 2.24) is 4.73 Å². The van der Waals surface area contributed by atoms with Gasteiger partial charge in [0.1, 0.15) is 0 Å². The standard InChI is InChI=1S/C19H19NO2/c1-2-3-13-19(21)17-14-20(18-12-8-7-11-16(17)18)22-15-9-5-4-6-10-15/h4-12,14H,2-3,13H2,1H3. The number of fused-ring (bicyclic) bond motifs is 1. The molecule has 0 amide bonds. The van der Waals surface area contributed by atoms with E-state index in [-0.39, 0.29) is 5.78 Å². The van der Waals surface area contributed by atoms with E-state index in [1.165, 1.54) is 0 Å². The van der Waals surface area contributed by atoms with Crippen molar-refractivity contribution in [2.24, 2.45) is 0 Å². The van der Waals surface area contributed by atoms with Gasteiger partial charge < -0.3 is 4.84 Å². The first-order valence-electron chi connectivity index (χ1n) is 7.66. The first-order chi connectivity index (χ1) is 10.8. The van der Waals surface area contributed by atoms with Gasteiger partial charge in [-0.05, 0) is 24.6 Å². The minimum atomic E-state index is 0.175. The average Bonchev–Trinajstić information content (AvgIpc) is 2.93. The van der Waals surface area contributed by atoms with Gasteiger partial charge in [-0.1, -0.05) is 49.7 Å². The van der Waals surface area contributed by atoms with Crippen molar-refractivity contribution >= 4 is 16.7 Å². The van der Waals surface area contributed by atoms with Crippen LogP contribution < -0.4 is 4.84 Å². The molecule has 0 atom stereocenters. The SMILES string of the molecule is CCCCC(=O)c1cn(Oc2ccccc2)c2ccccc12. The fourth-order valence-electron chi connectivity index (χ4n) is 2.51. The molecule has 0 unspecified atom stereocenters. The summed E-state index contributed by atoms with van der Waals surface area (Å²) in [6.07, 6.45) is 4.31. The van der Waals surface area contributed by atoms with E-state index in [9.17, 15) is 4.79 Å². The Kier molecular flexibility index (Phi) is 4.24. The van der Waals surface area contributed by atoms with Crippen LogP contribution in [0.25, 0.3) is 10.9 Å². The van der Waals surface area contributed by atoms with E-state index in [4.69, 9.17) is 4.84 Å². The fraction of sp³-hybridized carbons (Fsp3) is 0.211. The molecule has 0 saturated carbocycles. The van der Waals surface area contributed by atoms with E-state index in [2.05, 4.69) is 6.92 Å². The van der Waals surface area contributed by atoms with E-state index in [1.807, 2.05) is 54.6 Å². The van der Waals surface area contributed by atoms with E-state index in [0.29, 0.717) is 6.42 Å². The third-order valence-electron chi connectivity index (χ3n) is 3.68. The number of carbonyl (C=O) groups is 1. The monoisotopic (exact) mass is 293 g/mol. The molecular formula is C19H19NO2. The number of carbonyl (C=O) groups excluding carboxylic acids is 1. The molecule has 0 saturated heterocycles. The van der Waals surface area contributed by atoms with Crippen LogP contribution in [0.4, 0.5) is 0 Å². The highest BCUT2D eigenvalue weighted by atomic mass is 16.7. The molecule has 3 heteroatoms. The van der Waals surface area contributed by atoms with Crippen molar-refractivity contribution < 1.29 is 9.63 Å². The van der Waals surface area contributed by atoms with Crippen LogP contribution in [0.15, 0.2) is 60.8 Å². The first-order valence-corrected chi connectivity index (χ1v) is 7.66. The molecule has 0 aliphatic heterocycles. The highest BCUT2D eigenvalue weighted by Gasteiger charge is 2.15. The number of Topliss-reactive ketones (excluding diaryl/α,β-unsaturated/α-hetero) is 1. The van der Waals surface area contributed by atoms with Crippen LogP contribution in [0.2, 0.25) is 0 Å². The Hall–Kier alpha value is -2.55. The fourth-order valence-corrected chi connectivity index (χ4v) is 2.51. The van der Waals surface area contributed by atoms with Gasteiger partial charge in [0, 0.05) is 17.4 Å². The Labute approximate surface area is 130 Å². The number of benzene rings is 2. The second kappa shape index (κ2) is 6.48. The summed E-state index contributed by atoms with van der Waals surface area (Å²) in [6.45, 7) is 2.09. The van der Waals surface area contributed by atoms with Crippen molar-refractivity contribution in [3.8, 4) is 5.75 Å². The van der Waals surface area contributed by atoms with Gasteiger partial charge in [0.05, 0.1) is 11.7 Å². The zero-order chi connectivity index (χ0) is 15.4. The molecule has 1 aromatic heterocycles. The van der Waals surface area contributed by atoms with E-state index in [0.717, 1.165) is 35.1 Å². The lowest BCUT2D eigenvalue weighted by Gasteiger charge is -2.06. The van der Waals surface area contributed by atoms with Crippen LogP contribution in [0, 0.1) is 0 Å². The maximum Gasteiger partial charge on any atom is 0.165 e. The van der Waals surface area contributed by atoms with Crippen LogP contribution in [-0.2, 0) is 0 Å². The minimum Gasteiger partial charge on any atom is -0.375 e. The van der Waals surface area contributed by atoms with Crippen LogP contribution in [0.3, 0.4) is 0 Å². The van der Waals surface area contributed by atoms with Gasteiger partial charge in [-0.2, -0.15) is 4.73 Å². The summed E-state index contributed by atoms with van der Waals surface area (Å²) < 4.78 is 1.68. The normalized spacial score (nSPS) is 10.8. The van der Waals surface area contributed by atoms with Crippen molar-refractivity contribution in [3.63, 3.8) is 0 Å². The summed E-state index contributed by atoms with van der Waals surface area (Å²) in [5.74, 6) is 0.921. The summed E-state index contributed by atoms with van der Waals surface area (Å²) in [5, 5.41) is 0.944. The Bertz CT molecular complexity index is 774. The van der Waals surface area contributed by atoms with E-state index in [1.54, 1.807) is 10.9 Å². The molecule has 0 fully saturated rings. The van der Waals surface area contributed by atoms with Gasteiger partial charge in [-0.25, -0.2) is 0 Å². The predicted octanol–water partition coefficient (Wildman–Crippen LogP) is 4.86. The van der Waals surface area contributed by atoms with Crippen molar-refractivity contribution in [2.45, 2.75) is 26.2 Å². The molecular weight excluding hydrogens is 274 g/mol. The Morgan fingerprint density at radius 2 is 1.77 bits per heavy atom. The summed E-state index contributed by atoms with van der Waals surface area (Å²) in [4.78, 5) is 18.3. The molecule has 2 aromatic carbocycles. The minimum absolute atomic E-state index is 0.175. The molecule has 112 valence electrons. The first kappa shape index (κ1) is 14.4. The van der Waals surface area contributed by atoms with Gasteiger partial charge in [-0.15, -0.1) is 0 Å². The Morgan fingerprint density at radius 3 is 2.55 bits per heavy atom. The van der Waals surface area contributed by atoms with Crippen LogP contribution >= 0.6 is 0 Å². The van der Waals surface area contributed by atoms with Crippen LogP contribution in [0.5, 0.6) is 5.75 Å². The van der Waals surface area contributed by atoms with Gasteiger partial charge in [0.15, 0.2) is 11.5 Å². The second-order valence-electron chi connectivity index (χ2n) is 5.32. The molecule has 3 aromatic rings. The van der Waals surface area contributed by atoms with Crippen LogP contribution in [0.1, 0.15) is 36.5 Å². The number of para-hydroxylation sites is 2. The lowest BCUT2D eigenvalue weighted by atomic mass is 10.1. The number of aromatic nitrogens is 1. The number of hydrogen-bond acceptors (Lipinski definition) is 2.